The van der Waals surface area contributed by atoms with E-state index in [-0.39, 0.29) is 15.4 Å². The van der Waals surface area contributed by atoms with Gasteiger partial charge in [-0.15, -0.1) is 10.2 Å². The third-order valence-electron chi connectivity index (χ3n) is 2.63. The SMILES string of the molecule is COCC1CCN(S(=O)(=O)c2nnc(N)s2)C1. The van der Waals surface area contributed by atoms with E-state index in [9.17, 15) is 8.42 Å². The van der Waals surface area contributed by atoms with E-state index in [1.54, 1.807) is 7.11 Å². The van der Waals surface area contributed by atoms with Gasteiger partial charge in [0.15, 0.2) is 0 Å². The van der Waals surface area contributed by atoms with E-state index < -0.39 is 10.0 Å². The van der Waals surface area contributed by atoms with Crippen LogP contribution in [0, 0.1) is 5.92 Å². The zero-order valence-corrected chi connectivity index (χ0v) is 11.0. The van der Waals surface area contributed by atoms with Crippen molar-refractivity contribution in [2.24, 2.45) is 5.92 Å². The van der Waals surface area contributed by atoms with E-state index in [0.717, 1.165) is 17.8 Å². The van der Waals surface area contributed by atoms with Gasteiger partial charge in [-0.25, -0.2) is 8.42 Å². The zero-order valence-electron chi connectivity index (χ0n) is 9.37. The molecular weight excluding hydrogens is 264 g/mol. The standard InChI is InChI=1S/C8H14N4O3S2/c1-15-5-6-2-3-12(4-6)17(13,14)8-11-10-7(9)16-8/h6H,2-5H2,1H3,(H2,9,10). The molecule has 0 amide bonds. The van der Waals surface area contributed by atoms with Crippen molar-refractivity contribution in [2.45, 2.75) is 10.8 Å². The monoisotopic (exact) mass is 278 g/mol. The summed E-state index contributed by atoms with van der Waals surface area (Å²) in [5.74, 6) is 0.250. The summed E-state index contributed by atoms with van der Waals surface area (Å²) in [5.41, 5.74) is 5.39. The van der Waals surface area contributed by atoms with Crippen LogP contribution >= 0.6 is 11.3 Å². The summed E-state index contributed by atoms with van der Waals surface area (Å²) in [4.78, 5) is 0. The maximum absolute atomic E-state index is 12.1. The first-order valence-electron chi connectivity index (χ1n) is 5.12. The van der Waals surface area contributed by atoms with Crippen LogP contribution in [0.1, 0.15) is 6.42 Å². The number of sulfonamides is 1. The molecule has 1 atom stereocenters. The second-order valence-electron chi connectivity index (χ2n) is 3.88. The molecule has 1 aliphatic heterocycles. The number of nitrogens with zero attached hydrogens (tertiary/aromatic N) is 3. The van der Waals surface area contributed by atoms with Crippen LogP contribution in [0.2, 0.25) is 0 Å². The van der Waals surface area contributed by atoms with Gasteiger partial charge in [0.25, 0.3) is 10.0 Å². The molecule has 17 heavy (non-hydrogen) atoms. The summed E-state index contributed by atoms with van der Waals surface area (Å²) in [5, 5.41) is 7.27. The number of hydrogen-bond donors (Lipinski definition) is 1. The normalized spacial score (nSPS) is 22.1. The summed E-state index contributed by atoms with van der Waals surface area (Å²) in [6.45, 7) is 1.54. The fourth-order valence-electron chi connectivity index (χ4n) is 1.82. The van der Waals surface area contributed by atoms with E-state index in [4.69, 9.17) is 10.5 Å². The Kier molecular flexibility index (Phi) is 3.61. The summed E-state index contributed by atoms with van der Waals surface area (Å²) in [6, 6.07) is 0. The van der Waals surface area contributed by atoms with Crippen LogP contribution in [0.25, 0.3) is 0 Å². The molecule has 1 unspecified atom stereocenters. The van der Waals surface area contributed by atoms with E-state index in [0.29, 0.717) is 19.7 Å². The number of nitrogen functional groups attached to an aromatic ring is 1. The molecule has 9 heteroatoms. The predicted octanol–water partition coefficient (Wildman–Crippen LogP) is -0.223. The first kappa shape index (κ1) is 12.7. The van der Waals surface area contributed by atoms with Gasteiger partial charge in [-0.1, -0.05) is 11.3 Å². The van der Waals surface area contributed by atoms with Gasteiger partial charge in [0, 0.05) is 20.2 Å². The van der Waals surface area contributed by atoms with Crippen molar-refractivity contribution in [3.8, 4) is 0 Å². The lowest BCUT2D eigenvalue weighted by Crippen LogP contribution is -2.29. The lowest BCUT2D eigenvalue weighted by atomic mass is 10.1. The average molecular weight is 278 g/mol. The van der Waals surface area contributed by atoms with Gasteiger partial charge in [-0.3, -0.25) is 0 Å². The van der Waals surface area contributed by atoms with E-state index in [1.807, 2.05) is 0 Å². The topological polar surface area (TPSA) is 98.4 Å². The molecule has 0 spiro atoms. The summed E-state index contributed by atoms with van der Waals surface area (Å²) >= 11 is 0.891. The van der Waals surface area contributed by atoms with Gasteiger partial charge < -0.3 is 10.5 Å². The number of rotatable bonds is 4. The number of hydrogen-bond acceptors (Lipinski definition) is 7. The molecule has 2 N–H and O–H groups in total. The fourth-order valence-corrected chi connectivity index (χ4v) is 4.28. The molecule has 2 rings (SSSR count). The first-order valence-corrected chi connectivity index (χ1v) is 7.37. The van der Waals surface area contributed by atoms with Gasteiger partial charge in [0.2, 0.25) is 9.47 Å². The molecule has 1 aromatic rings. The Labute approximate surface area is 104 Å². The van der Waals surface area contributed by atoms with E-state index in [1.165, 1.54) is 4.31 Å². The van der Waals surface area contributed by atoms with Crippen molar-refractivity contribution in [2.75, 3.05) is 32.5 Å². The minimum atomic E-state index is -3.53. The minimum absolute atomic E-state index is 0.0342. The molecule has 0 aromatic carbocycles. The molecule has 0 aliphatic carbocycles. The van der Waals surface area contributed by atoms with Crippen LogP contribution in [0.3, 0.4) is 0 Å². The maximum Gasteiger partial charge on any atom is 0.272 e. The number of ether oxygens (including phenoxy) is 1. The van der Waals surface area contributed by atoms with Crippen molar-refractivity contribution in [1.29, 1.82) is 0 Å². The molecule has 0 saturated carbocycles. The van der Waals surface area contributed by atoms with Gasteiger partial charge in [-0.2, -0.15) is 4.31 Å². The van der Waals surface area contributed by atoms with Gasteiger partial charge in [-0.05, 0) is 12.3 Å². The molecule has 96 valence electrons. The highest BCUT2D eigenvalue weighted by Gasteiger charge is 2.34. The van der Waals surface area contributed by atoms with E-state index >= 15 is 0 Å². The number of anilines is 1. The van der Waals surface area contributed by atoms with Gasteiger partial charge in [0.1, 0.15) is 0 Å². The predicted molar refractivity (Wildman–Crippen MR) is 63.1 cm³/mol. The number of nitrogens with two attached hydrogens (primary N) is 1. The van der Waals surface area contributed by atoms with Gasteiger partial charge >= 0.3 is 0 Å². The third kappa shape index (κ3) is 2.57. The number of aromatic nitrogens is 2. The Balaban J connectivity index is 2.13. The molecule has 1 fully saturated rings. The molecule has 1 saturated heterocycles. The van der Waals surface area contributed by atoms with Crippen molar-refractivity contribution in [3.05, 3.63) is 0 Å². The van der Waals surface area contributed by atoms with Crippen molar-refractivity contribution in [3.63, 3.8) is 0 Å². The molecule has 0 bridgehead atoms. The lowest BCUT2D eigenvalue weighted by Gasteiger charge is -2.13. The second-order valence-corrected chi connectivity index (χ2v) is 7.00. The van der Waals surface area contributed by atoms with Crippen LogP contribution in [0.5, 0.6) is 0 Å². The van der Waals surface area contributed by atoms with Crippen molar-refractivity contribution in [1.82, 2.24) is 14.5 Å². The maximum atomic E-state index is 12.1. The Hall–Kier alpha value is -0.770. The summed E-state index contributed by atoms with van der Waals surface area (Å²) < 4.78 is 30.7. The van der Waals surface area contributed by atoms with Crippen LogP contribution in [-0.2, 0) is 14.8 Å². The van der Waals surface area contributed by atoms with Crippen LogP contribution in [0.15, 0.2) is 4.34 Å². The highest BCUT2D eigenvalue weighted by molar-refractivity contribution is 7.91. The first-order chi connectivity index (χ1) is 8.04. The molecule has 1 aliphatic rings. The number of methoxy groups -OCH3 is 1. The largest absolute Gasteiger partial charge is 0.384 e. The molecular formula is C8H14N4O3S2. The van der Waals surface area contributed by atoms with Crippen LogP contribution < -0.4 is 5.73 Å². The lowest BCUT2D eigenvalue weighted by molar-refractivity contribution is 0.157. The molecule has 7 nitrogen and oxygen atoms in total. The molecule has 1 aromatic heterocycles. The van der Waals surface area contributed by atoms with Crippen LogP contribution in [0.4, 0.5) is 5.13 Å². The summed E-state index contributed by atoms with van der Waals surface area (Å²) in [7, 11) is -1.91. The van der Waals surface area contributed by atoms with Crippen LogP contribution in [-0.4, -0.2) is 49.7 Å². The Morgan fingerprint density at radius 2 is 2.35 bits per heavy atom. The molecule has 2 heterocycles. The molecule has 0 radical (unpaired) electrons. The highest BCUT2D eigenvalue weighted by atomic mass is 32.2. The van der Waals surface area contributed by atoms with Gasteiger partial charge in [0.05, 0.1) is 6.61 Å². The van der Waals surface area contributed by atoms with Crippen molar-refractivity contribution >= 4 is 26.5 Å². The second kappa shape index (κ2) is 4.84. The average Bonchev–Trinajstić information content (AvgIpc) is 2.88. The Morgan fingerprint density at radius 1 is 1.59 bits per heavy atom. The minimum Gasteiger partial charge on any atom is -0.384 e. The third-order valence-corrected chi connectivity index (χ3v) is 5.60. The highest BCUT2D eigenvalue weighted by Crippen LogP contribution is 2.26. The Morgan fingerprint density at radius 3 is 2.94 bits per heavy atom. The zero-order chi connectivity index (χ0) is 12.5. The Bertz CT molecular complexity index is 487. The fraction of sp³-hybridized carbons (Fsp3) is 0.750. The smallest absolute Gasteiger partial charge is 0.272 e. The van der Waals surface area contributed by atoms with Crippen molar-refractivity contribution < 1.29 is 13.2 Å². The summed E-state index contributed by atoms with van der Waals surface area (Å²) in [6.07, 6.45) is 0.807. The van der Waals surface area contributed by atoms with E-state index in [2.05, 4.69) is 10.2 Å². The quantitative estimate of drug-likeness (QED) is 0.817.